The first-order chi connectivity index (χ1) is 15.1. The molecule has 4 rings (SSSR count). The third-order valence-corrected chi connectivity index (χ3v) is 6.39. The molecule has 0 unspecified atom stereocenters. The van der Waals surface area contributed by atoms with Gasteiger partial charge < -0.3 is 14.2 Å². The Hall–Kier alpha value is -2.08. The lowest BCUT2D eigenvalue weighted by molar-refractivity contribution is -0.0865. The molecule has 2 saturated heterocycles. The number of hydrogen-bond acceptors (Lipinski definition) is 5. The molecule has 0 amide bonds. The fourth-order valence-corrected chi connectivity index (χ4v) is 4.88. The topological polar surface area (TPSA) is 34.2 Å². The van der Waals surface area contributed by atoms with E-state index in [4.69, 9.17) is 14.2 Å². The highest BCUT2D eigenvalue weighted by atomic mass is 16.5. The summed E-state index contributed by atoms with van der Waals surface area (Å²) in [7, 11) is 1.70. The van der Waals surface area contributed by atoms with Gasteiger partial charge in [0, 0.05) is 25.7 Å². The van der Waals surface area contributed by atoms with Crippen LogP contribution in [-0.4, -0.2) is 61.3 Å². The normalized spacial score (nSPS) is 23.6. The lowest BCUT2D eigenvalue weighted by Crippen LogP contribution is -2.53. The summed E-state index contributed by atoms with van der Waals surface area (Å²) < 4.78 is 17.5. The van der Waals surface area contributed by atoms with Gasteiger partial charge in [-0.1, -0.05) is 36.4 Å². The molecule has 2 fully saturated rings. The van der Waals surface area contributed by atoms with Crippen LogP contribution in [0, 0.1) is 0 Å². The fraction of sp³-hybridized carbons (Fsp3) is 0.538. The van der Waals surface area contributed by atoms with Crippen LogP contribution in [-0.2, 0) is 17.9 Å². The number of ether oxygens (including phenoxy) is 3. The smallest absolute Gasteiger partial charge is 0.161 e. The molecule has 2 aliphatic rings. The zero-order valence-corrected chi connectivity index (χ0v) is 19.1. The first-order valence-electron chi connectivity index (χ1n) is 11.6. The molecule has 2 aliphatic heterocycles. The molecule has 5 nitrogen and oxygen atoms in total. The summed E-state index contributed by atoms with van der Waals surface area (Å²) in [6, 6.07) is 17.3. The number of hydrogen-bond donors (Lipinski definition) is 0. The highest BCUT2D eigenvalue weighted by Crippen LogP contribution is 2.30. The number of piperidine rings is 1. The summed E-state index contributed by atoms with van der Waals surface area (Å²) in [5, 5.41) is 0. The van der Waals surface area contributed by atoms with E-state index < -0.39 is 0 Å². The van der Waals surface area contributed by atoms with E-state index in [1.54, 1.807) is 7.11 Å². The van der Waals surface area contributed by atoms with Gasteiger partial charge in [0.2, 0.25) is 0 Å². The van der Waals surface area contributed by atoms with Gasteiger partial charge in [-0.2, -0.15) is 0 Å². The van der Waals surface area contributed by atoms with Crippen molar-refractivity contribution < 1.29 is 14.2 Å². The minimum atomic E-state index is 0.343. The first kappa shape index (κ1) is 22.1. The highest BCUT2D eigenvalue weighted by Gasteiger charge is 2.30. The third kappa shape index (κ3) is 6.00. The van der Waals surface area contributed by atoms with Gasteiger partial charge in [-0.3, -0.25) is 9.80 Å². The van der Waals surface area contributed by atoms with Crippen LogP contribution in [0.4, 0.5) is 0 Å². The number of rotatable bonds is 7. The zero-order valence-electron chi connectivity index (χ0n) is 19.1. The van der Waals surface area contributed by atoms with Crippen LogP contribution in [0.25, 0.3) is 0 Å². The van der Waals surface area contributed by atoms with Crippen molar-refractivity contribution >= 4 is 0 Å². The Morgan fingerprint density at radius 2 is 1.61 bits per heavy atom. The van der Waals surface area contributed by atoms with Crippen molar-refractivity contribution in [1.82, 2.24) is 9.80 Å². The molecule has 0 spiro atoms. The molecule has 31 heavy (non-hydrogen) atoms. The molecule has 0 bridgehead atoms. The maximum Gasteiger partial charge on any atom is 0.161 e. The van der Waals surface area contributed by atoms with E-state index in [0.717, 1.165) is 49.8 Å². The van der Waals surface area contributed by atoms with Crippen LogP contribution in [0.5, 0.6) is 11.5 Å². The van der Waals surface area contributed by atoms with Gasteiger partial charge in [-0.15, -0.1) is 0 Å². The van der Waals surface area contributed by atoms with E-state index >= 15 is 0 Å². The van der Waals surface area contributed by atoms with Crippen LogP contribution < -0.4 is 9.47 Å². The van der Waals surface area contributed by atoms with E-state index in [1.165, 1.54) is 18.4 Å². The van der Waals surface area contributed by atoms with E-state index in [0.29, 0.717) is 24.9 Å². The number of nitrogens with zero attached hydrogens (tertiary/aromatic N) is 2. The maximum atomic E-state index is 6.10. The van der Waals surface area contributed by atoms with Gasteiger partial charge in [-0.05, 0) is 63.0 Å². The van der Waals surface area contributed by atoms with Crippen molar-refractivity contribution in [3.05, 3.63) is 59.7 Å². The number of morpholine rings is 1. The Morgan fingerprint density at radius 3 is 2.29 bits per heavy atom. The van der Waals surface area contributed by atoms with E-state index in [9.17, 15) is 0 Å². The van der Waals surface area contributed by atoms with Crippen LogP contribution in [0.1, 0.15) is 37.8 Å². The lowest BCUT2D eigenvalue weighted by Gasteiger charge is -2.43. The van der Waals surface area contributed by atoms with Gasteiger partial charge in [0.15, 0.2) is 11.5 Å². The van der Waals surface area contributed by atoms with E-state index in [2.05, 4.69) is 47.9 Å². The summed E-state index contributed by atoms with van der Waals surface area (Å²) in [4.78, 5) is 5.21. The van der Waals surface area contributed by atoms with Crippen LogP contribution in [0.15, 0.2) is 48.5 Å². The maximum absolute atomic E-state index is 6.10. The van der Waals surface area contributed by atoms with E-state index in [-0.39, 0.29) is 0 Å². The molecular formula is C26H36N2O3. The van der Waals surface area contributed by atoms with Gasteiger partial charge >= 0.3 is 0 Å². The molecule has 5 heteroatoms. The summed E-state index contributed by atoms with van der Waals surface area (Å²) in [5.41, 5.74) is 2.43. The third-order valence-electron chi connectivity index (χ3n) is 6.39. The predicted molar refractivity (Wildman–Crippen MR) is 124 cm³/mol. The fourth-order valence-electron chi connectivity index (χ4n) is 4.88. The van der Waals surface area contributed by atoms with Gasteiger partial charge in [0.1, 0.15) is 6.61 Å². The Bertz CT molecular complexity index is 811. The van der Waals surface area contributed by atoms with Gasteiger partial charge in [0.05, 0.1) is 19.3 Å². The monoisotopic (exact) mass is 424 g/mol. The van der Waals surface area contributed by atoms with Crippen LogP contribution in [0.3, 0.4) is 0 Å². The predicted octanol–water partition coefficient (Wildman–Crippen LogP) is 4.35. The molecule has 0 N–H and O–H groups in total. The second-order valence-corrected chi connectivity index (χ2v) is 8.98. The minimum absolute atomic E-state index is 0.343. The van der Waals surface area contributed by atoms with Gasteiger partial charge in [-0.25, -0.2) is 0 Å². The summed E-state index contributed by atoms with van der Waals surface area (Å²) in [6.45, 7) is 10.3. The SMILES string of the molecule is COc1ccc(CN2CCC(N3C[C@@H](C)O[C@H](C)C3)CC2)cc1OCc1ccccc1. The molecule has 2 atom stereocenters. The van der Waals surface area contributed by atoms with Crippen molar-refractivity contribution in [3.8, 4) is 11.5 Å². The summed E-state index contributed by atoms with van der Waals surface area (Å²) in [6.07, 6.45) is 3.14. The molecule has 168 valence electrons. The van der Waals surface area contributed by atoms with E-state index in [1.807, 2.05) is 24.3 Å². The average Bonchev–Trinajstić information content (AvgIpc) is 2.78. The van der Waals surface area contributed by atoms with Crippen LogP contribution in [0.2, 0.25) is 0 Å². The largest absolute Gasteiger partial charge is 0.493 e. The Morgan fingerprint density at radius 1 is 0.903 bits per heavy atom. The number of likely N-dealkylation sites (tertiary alicyclic amines) is 1. The van der Waals surface area contributed by atoms with Crippen molar-refractivity contribution in [1.29, 1.82) is 0 Å². The Kier molecular flexibility index (Phi) is 7.49. The first-order valence-corrected chi connectivity index (χ1v) is 11.6. The number of methoxy groups -OCH3 is 1. The lowest BCUT2D eigenvalue weighted by atomic mass is 10.0. The Balaban J connectivity index is 1.32. The van der Waals surface area contributed by atoms with Crippen molar-refractivity contribution in [2.45, 2.75) is 58.1 Å². The summed E-state index contributed by atoms with van der Waals surface area (Å²) in [5.74, 6) is 1.60. The molecule has 2 aromatic carbocycles. The minimum Gasteiger partial charge on any atom is -0.493 e. The van der Waals surface area contributed by atoms with Crippen molar-refractivity contribution in [3.63, 3.8) is 0 Å². The highest BCUT2D eigenvalue weighted by molar-refractivity contribution is 5.43. The summed E-state index contributed by atoms with van der Waals surface area (Å²) >= 11 is 0. The molecule has 2 heterocycles. The zero-order chi connectivity index (χ0) is 21.6. The van der Waals surface area contributed by atoms with Crippen LogP contribution >= 0.6 is 0 Å². The molecular weight excluding hydrogens is 388 g/mol. The van der Waals surface area contributed by atoms with Gasteiger partial charge in [0.25, 0.3) is 0 Å². The van der Waals surface area contributed by atoms with Crippen molar-refractivity contribution in [2.24, 2.45) is 0 Å². The van der Waals surface area contributed by atoms with Crippen molar-refractivity contribution in [2.75, 3.05) is 33.3 Å². The molecule has 0 saturated carbocycles. The Labute approximate surface area is 186 Å². The second kappa shape index (κ2) is 10.5. The quantitative estimate of drug-likeness (QED) is 0.660. The average molecular weight is 425 g/mol. The number of benzene rings is 2. The standard InChI is InChI=1S/C26H36N2O3/c1-20-16-28(17-21(2)31-20)24-11-13-27(14-12-24)18-23-9-10-25(29-3)26(15-23)30-19-22-7-5-4-6-8-22/h4-10,15,20-21,24H,11-14,16-19H2,1-3H3/t20-,21-/m1/s1. The second-order valence-electron chi connectivity index (χ2n) is 8.98. The molecule has 2 aromatic rings. The molecule has 0 aliphatic carbocycles. The molecule has 0 aromatic heterocycles. The molecule has 0 radical (unpaired) electrons.